The molecule has 1 saturated carbocycles. The molecule has 1 aromatic heterocycles. The van der Waals surface area contributed by atoms with Gasteiger partial charge in [0.15, 0.2) is 0 Å². The molecule has 8 heteroatoms. The Hall–Kier alpha value is -1.22. The first-order chi connectivity index (χ1) is 13.5. The summed E-state index contributed by atoms with van der Waals surface area (Å²) in [4.78, 5) is 5.00. The molecule has 2 fully saturated rings. The lowest BCUT2D eigenvalue weighted by Crippen LogP contribution is -2.47. The number of fused-ring (bicyclic) bond motifs is 1. The van der Waals surface area contributed by atoms with Crippen molar-refractivity contribution in [3.8, 4) is 0 Å². The lowest BCUT2D eigenvalue weighted by molar-refractivity contribution is 0.214. The minimum absolute atomic E-state index is 0.141. The Morgan fingerprint density at radius 1 is 1.11 bits per heavy atom. The normalized spacial score (nSPS) is 24.7. The van der Waals surface area contributed by atoms with Crippen LogP contribution in [-0.4, -0.2) is 62.7 Å². The summed E-state index contributed by atoms with van der Waals surface area (Å²) in [6, 6.07) is 8.63. The van der Waals surface area contributed by atoms with Crippen molar-refractivity contribution in [2.75, 3.05) is 43.9 Å². The number of sulfonamides is 1. The monoisotopic (exact) mass is 422 g/mol. The molecule has 1 aliphatic heterocycles. The van der Waals surface area contributed by atoms with Gasteiger partial charge < -0.3 is 4.90 Å². The van der Waals surface area contributed by atoms with Crippen LogP contribution in [0.25, 0.3) is 10.1 Å². The van der Waals surface area contributed by atoms with Gasteiger partial charge in [-0.3, -0.25) is 4.90 Å². The molecule has 0 spiro atoms. The summed E-state index contributed by atoms with van der Waals surface area (Å²) < 4.78 is 31.5. The fourth-order valence-electron chi connectivity index (χ4n) is 4.52. The van der Waals surface area contributed by atoms with E-state index in [0.717, 1.165) is 70.1 Å². The van der Waals surface area contributed by atoms with E-state index >= 15 is 0 Å². The molecule has 1 aromatic carbocycles. The SMILES string of the molecule is CS(=O)(=O)NC1CCC(CCN2CCN(c3nsc4ccccc34)CC2)CC1. The summed E-state index contributed by atoms with van der Waals surface area (Å²) in [6.07, 6.45) is 6.71. The molecule has 6 nitrogen and oxygen atoms in total. The molecule has 2 aliphatic rings. The van der Waals surface area contributed by atoms with Crippen LogP contribution in [0, 0.1) is 5.92 Å². The third kappa shape index (κ3) is 5.03. The number of hydrogen-bond donors (Lipinski definition) is 1. The van der Waals surface area contributed by atoms with Gasteiger partial charge in [0.25, 0.3) is 0 Å². The predicted octanol–water partition coefficient (Wildman–Crippen LogP) is 2.92. The summed E-state index contributed by atoms with van der Waals surface area (Å²) in [5.74, 6) is 1.88. The fraction of sp³-hybridized carbons (Fsp3) is 0.650. The van der Waals surface area contributed by atoms with E-state index in [-0.39, 0.29) is 6.04 Å². The Morgan fingerprint density at radius 2 is 1.82 bits per heavy atom. The van der Waals surface area contributed by atoms with Gasteiger partial charge in [-0.25, -0.2) is 13.1 Å². The molecule has 0 atom stereocenters. The second kappa shape index (κ2) is 8.65. The first kappa shape index (κ1) is 20.1. The van der Waals surface area contributed by atoms with Gasteiger partial charge in [0, 0.05) is 37.6 Å². The van der Waals surface area contributed by atoms with Gasteiger partial charge in [-0.1, -0.05) is 12.1 Å². The van der Waals surface area contributed by atoms with Crippen LogP contribution in [0.5, 0.6) is 0 Å². The van der Waals surface area contributed by atoms with Crippen molar-refractivity contribution in [2.24, 2.45) is 5.92 Å². The molecule has 0 amide bonds. The highest BCUT2D eigenvalue weighted by Gasteiger charge is 2.25. The van der Waals surface area contributed by atoms with Gasteiger partial charge in [-0.05, 0) is 68.2 Å². The maximum atomic E-state index is 11.4. The van der Waals surface area contributed by atoms with Gasteiger partial charge in [0.1, 0.15) is 5.82 Å². The number of benzene rings is 1. The standard InChI is InChI=1S/C20H30N4O2S2/c1-28(25,26)22-17-8-6-16(7-9-17)10-11-23-12-14-24(15-13-23)20-18-4-2-3-5-19(18)27-21-20/h2-5,16-17,22H,6-15H2,1H3. The van der Waals surface area contributed by atoms with Gasteiger partial charge >= 0.3 is 0 Å². The van der Waals surface area contributed by atoms with Crippen LogP contribution in [-0.2, 0) is 10.0 Å². The second-order valence-electron chi connectivity index (χ2n) is 8.23. The zero-order chi connectivity index (χ0) is 19.6. The van der Waals surface area contributed by atoms with E-state index in [4.69, 9.17) is 4.37 Å². The summed E-state index contributed by atoms with van der Waals surface area (Å²) in [5.41, 5.74) is 0. The largest absolute Gasteiger partial charge is 0.353 e. The Kier molecular flexibility index (Phi) is 6.20. The lowest BCUT2D eigenvalue weighted by atomic mass is 9.84. The van der Waals surface area contributed by atoms with Crippen LogP contribution in [0.15, 0.2) is 24.3 Å². The lowest BCUT2D eigenvalue weighted by Gasteiger charge is -2.36. The van der Waals surface area contributed by atoms with Crippen LogP contribution in [0.2, 0.25) is 0 Å². The third-order valence-corrected chi connectivity index (χ3v) is 7.69. The van der Waals surface area contributed by atoms with Crippen LogP contribution in [0.3, 0.4) is 0 Å². The predicted molar refractivity (Wildman–Crippen MR) is 117 cm³/mol. The van der Waals surface area contributed by atoms with Crippen LogP contribution in [0.4, 0.5) is 5.82 Å². The molecular formula is C20H30N4O2S2. The van der Waals surface area contributed by atoms with Crippen LogP contribution >= 0.6 is 11.5 Å². The van der Waals surface area contributed by atoms with E-state index in [2.05, 4.69) is 38.8 Å². The van der Waals surface area contributed by atoms with E-state index in [1.54, 1.807) is 11.5 Å². The Labute approximate surface area is 172 Å². The maximum absolute atomic E-state index is 11.4. The van der Waals surface area contributed by atoms with Crippen molar-refractivity contribution in [3.63, 3.8) is 0 Å². The van der Waals surface area contributed by atoms with Gasteiger partial charge in [0.2, 0.25) is 10.0 Å². The molecule has 28 heavy (non-hydrogen) atoms. The van der Waals surface area contributed by atoms with E-state index in [0.29, 0.717) is 0 Å². The first-order valence-corrected chi connectivity index (χ1v) is 12.9. The van der Waals surface area contributed by atoms with Gasteiger partial charge in [-0.2, -0.15) is 4.37 Å². The average Bonchev–Trinajstić information content (AvgIpc) is 3.11. The third-order valence-electron chi connectivity index (χ3n) is 6.11. The highest BCUT2D eigenvalue weighted by atomic mass is 32.2. The molecular weight excluding hydrogens is 392 g/mol. The molecule has 154 valence electrons. The average molecular weight is 423 g/mol. The van der Waals surface area contributed by atoms with Crippen molar-refractivity contribution >= 4 is 37.5 Å². The fourth-order valence-corrected chi connectivity index (χ4v) is 6.16. The minimum Gasteiger partial charge on any atom is -0.353 e. The zero-order valence-electron chi connectivity index (χ0n) is 16.5. The van der Waals surface area contributed by atoms with Gasteiger partial charge in [0.05, 0.1) is 11.0 Å². The molecule has 1 N–H and O–H groups in total. The Bertz CT molecular complexity index is 882. The van der Waals surface area contributed by atoms with Crippen molar-refractivity contribution in [3.05, 3.63) is 24.3 Å². The molecule has 0 bridgehead atoms. The molecule has 0 unspecified atom stereocenters. The second-order valence-corrected chi connectivity index (χ2v) is 10.8. The Morgan fingerprint density at radius 3 is 2.54 bits per heavy atom. The molecule has 0 radical (unpaired) electrons. The summed E-state index contributed by atoms with van der Waals surface area (Å²) >= 11 is 1.59. The van der Waals surface area contributed by atoms with Crippen molar-refractivity contribution in [1.29, 1.82) is 0 Å². The number of nitrogens with one attached hydrogen (secondary N) is 1. The summed E-state index contributed by atoms with van der Waals surface area (Å²) in [5, 5.41) is 1.28. The minimum atomic E-state index is -3.08. The van der Waals surface area contributed by atoms with E-state index in [1.807, 2.05) is 0 Å². The quantitative estimate of drug-likeness (QED) is 0.775. The number of nitrogens with zero attached hydrogens (tertiary/aromatic N) is 3. The van der Waals surface area contributed by atoms with Crippen molar-refractivity contribution in [2.45, 2.75) is 38.1 Å². The Balaban J connectivity index is 1.20. The van der Waals surface area contributed by atoms with Gasteiger partial charge in [-0.15, -0.1) is 0 Å². The molecule has 4 rings (SSSR count). The van der Waals surface area contributed by atoms with Crippen molar-refractivity contribution in [1.82, 2.24) is 14.0 Å². The highest BCUT2D eigenvalue weighted by molar-refractivity contribution is 7.88. The molecule has 1 saturated heterocycles. The van der Waals surface area contributed by atoms with Crippen LogP contribution in [0.1, 0.15) is 32.1 Å². The number of aromatic nitrogens is 1. The van der Waals surface area contributed by atoms with Crippen molar-refractivity contribution < 1.29 is 8.42 Å². The summed E-state index contributed by atoms with van der Waals surface area (Å²) in [6.45, 7) is 5.42. The van der Waals surface area contributed by atoms with E-state index in [1.165, 1.54) is 22.8 Å². The number of anilines is 1. The topological polar surface area (TPSA) is 65.5 Å². The zero-order valence-corrected chi connectivity index (χ0v) is 18.1. The smallest absolute Gasteiger partial charge is 0.208 e. The number of piperazine rings is 1. The maximum Gasteiger partial charge on any atom is 0.208 e. The molecule has 1 aliphatic carbocycles. The number of rotatable bonds is 6. The number of hydrogen-bond acceptors (Lipinski definition) is 6. The first-order valence-electron chi connectivity index (χ1n) is 10.3. The highest BCUT2D eigenvalue weighted by Crippen LogP contribution is 2.30. The van der Waals surface area contributed by atoms with Crippen LogP contribution < -0.4 is 9.62 Å². The molecule has 2 heterocycles. The van der Waals surface area contributed by atoms with E-state index < -0.39 is 10.0 Å². The van der Waals surface area contributed by atoms with E-state index in [9.17, 15) is 8.42 Å². The molecule has 2 aromatic rings. The summed E-state index contributed by atoms with van der Waals surface area (Å²) in [7, 11) is -3.08.